The van der Waals surface area contributed by atoms with Gasteiger partial charge >= 0.3 is 0 Å². The SMILES string of the molecule is Clc1cc(Br)cc(Oc2cncnc2)c1. The van der Waals surface area contributed by atoms with Gasteiger partial charge in [0.1, 0.15) is 12.1 Å². The van der Waals surface area contributed by atoms with Gasteiger partial charge in [-0.2, -0.15) is 0 Å². The van der Waals surface area contributed by atoms with Crippen molar-refractivity contribution in [3.63, 3.8) is 0 Å². The quantitative estimate of drug-likeness (QED) is 0.844. The third-order valence-electron chi connectivity index (χ3n) is 1.61. The fourth-order valence-electron chi connectivity index (χ4n) is 1.06. The zero-order chi connectivity index (χ0) is 10.7. The third kappa shape index (κ3) is 2.91. The first kappa shape index (κ1) is 10.4. The lowest BCUT2D eigenvalue weighted by atomic mass is 10.3. The second kappa shape index (κ2) is 4.59. The molecule has 0 spiro atoms. The molecular formula is C10H6BrClN2O. The van der Waals surface area contributed by atoms with Crippen molar-refractivity contribution in [2.75, 3.05) is 0 Å². The molecule has 2 rings (SSSR count). The standard InChI is InChI=1S/C10H6BrClN2O/c11-7-1-8(12)3-9(2-7)15-10-4-13-6-14-5-10/h1-6H. The maximum atomic E-state index is 5.88. The van der Waals surface area contributed by atoms with Crippen molar-refractivity contribution in [3.8, 4) is 11.5 Å². The molecule has 0 saturated carbocycles. The highest BCUT2D eigenvalue weighted by Crippen LogP contribution is 2.27. The summed E-state index contributed by atoms with van der Waals surface area (Å²) in [5.41, 5.74) is 0. The van der Waals surface area contributed by atoms with E-state index in [1.165, 1.54) is 6.33 Å². The van der Waals surface area contributed by atoms with E-state index in [4.69, 9.17) is 16.3 Å². The van der Waals surface area contributed by atoms with E-state index in [2.05, 4.69) is 25.9 Å². The first-order valence-corrected chi connectivity index (χ1v) is 5.30. The molecule has 0 N–H and O–H groups in total. The minimum atomic E-state index is 0.576. The maximum Gasteiger partial charge on any atom is 0.163 e. The van der Waals surface area contributed by atoms with Crippen molar-refractivity contribution < 1.29 is 4.74 Å². The predicted molar refractivity (Wildman–Crippen MR) is 61.3 cm³/mol. The lowest BCUT2D eigenvalue weighted by molar-refractivity contribution is 0.477. The molecule has 3 nitrogen and oxygen atoms in total. The van der Waals surface area contributed by atoms with E-state index in [0.717, 1.165) is 4.47 Å². The van der Waals surface area contributed by atoms with Crippen molar-refractivity contribution in [2.24, 2.45) is 0 Å². The Labute approximate surface area is 100 Å². The molecule has 0 fully saturated rings. The topological polar surface area (TPSA) is 35.0 Å². The van der Waals surface area contributed by atoms with E-state index >= 15 is 0 Å². The number of halogens is 2. The molecule has 0 aliphatic rings. The van der Waals surface area contributed by atoms with Gasteiger partial charge in [0.05, 0.1) is 12.4 Å². The van der Waals surface area contributed by atoms with Crippen molar-refractivity contribution >= 4 is 27.5 Å². The molecule has 0 unspecified atom stereocenters. The van der Waals surface area contributed by atoms with Gasteiger partial charge in [-0.3, -0.25) is 0 Å². The average molecular weight is 286 g/mol. The minimum Gasteiger partial charge on any atom is -0.454 e. The Balaban J connectivity index is 2.25. The van der Waals surface area contributed by atoms with Gasteiger partial charge in [0.25, 0.3) is 0 Å². The Morgan fingerprint density at radius 3 is 2.47 bits per heavy atom. The van der Waals surface area contributed by atoms with Crippen LogP contribution in [0.1, 0.15) is 0 Å². The van der Waals surface area contributed by atoms with E-state index in [1.807, 2.05) is 6.07 Å². The molecule has 5 heteroatoms. The smallest absolute Gasteiger partial charge is 0.163 e. The summed E-state index contributed by atoms with van der Waals surface area (Å²) in [4.78, 5) is 7.69. The van der Waals surface area contributed by atoms with E-state index in [-0.39, 0.29) is 0 Å². The van der Waals surface area contributed by atoms with E-state index in [9.17, 15) is 0 Å². The van der Waals surface area contributed by atoms with Gasteiger partial charge in [0.2, 0.25) is 0 Å². The van der Waals surface area contributed by atoms with Gasteiger partial charge in [0, 0.05) is 9.50 Å². The molecule has 2 aromatic rings. The molecule has 0 aliphatic carbocycles. The third-order valence-corrected chi connectivity index (χ3v) is 2.28. The monoisotopic (exact) mass is 284 g/mol. The normalized spacial score (nSPS) is 10.0. The molecule has 0 bridgehead atoms. The largest absolute Gasteiger partial charge is 0.454 e. The van der Waals surface area contributed by atoms with Crippen LogP contribution in [0, 0.1) is 0 Å². The van der Waals surface area contributed by atoms with Gasteiger partial charge in [-0.05, 0) is 18.2 Å². The molecule has 1 aromatic carbocycles. The zero-order valence-corrected chi connectivity index (χ0v) is 9.86. The second-order valence-corrected chi connectivity index (χ2v) is 4.13. The molecule has 0 saturated heterocycles. The van der Waals surface area contributed by atoms with Crippen molar-refractivity contribution in [3.05, 3.63) is 46.4 Å². The lowest BCUT2D eigenvalue weighted by Gasteiger charge is -2.05. The van der Waals surface area contributed by atoms with Gasteiger partial charge in [-0.15, -0.1) is 0 Å². The highest BCUT2D eigenvalue weighted by atomic mass is 79.9. The number of ether oxygens (including phenoxy) is 1. The molecule has 0 amide bonds. The molecule has 15 heavy (non-hydrogen) atoms. The van der Waals surface area contributed by atoms with Gasteiger partial charge in [-0.1, -0.05) is 27.5 Å². The fourth-order valence-corrected chi connectivity index (χ4v) is 1.89. The Kier molecular flexibility index (Phi) is 3.18. The molecule has 0 aliphatic heterocycles. The molecule has 1 aromatic heterocycles. The second-order valence-electron chi connectivity index (χ2n) is 2.78. The van der Waals surface area contributed by atoms with Gasteiger partial charge in [0.15, 0.2) is 5.75 Å². The number of hydrogen-bond acceptors (Lipinski definition) is 3. The number of benzene rings is 1. The van der Waals surface area contributed by atoms with Crippen LogP contribution in [0.15, 0.2) is 41.4 Å². The van der Waals surface area contributed by atoms with Crippen LogP contribution in [0.25, 0.3) is 0 Å². The summed E-state index contributed by atoms with van der Waals surface area (Å²) in [5, 5.41) is 0.608. The Morgan fingerprint density at radius 1 is 1.07 bits per heavy atom. The Hall–Kier alpha value is -1.13. The summed E-state index contributed by atoms with van der Waals surface area (Å²) in [5.74, 6) is 1.22. The highest BCUT2D eigenvalue weighted by molar-refractivity contribution is 9.10. The first-order valence-electron chi connectivity index (χ1n) is 4.13. The van der Waals surface area contributed by atoms with Gasteiger partial charge < -0.3 is 4.74 Å². The van der Waals surface area contributed by atoms with Crippen molar-refractivity contribution in [1.29, 1.82) is 0 Å². The summed E-state index contributed by atoms with van der Waals surface area (Å²) in [6.07, 6.45) is 4.62. The van der Waals surface area contributed by atoms with Crippen LogP contribution in [-0.4, -0.2) is 9.97 Å². The van der Waals surface area contributed by atoms with Crippen LogP contribution in [0.4, 0.5) is 0 Å². The first-order chi connectivity index (χ1) is 7.24. The van der Waals surface area contributed by atoms with Crippen LogP contribution in [-0.2, 0) is 0 Å². The number of aromatic nitrogens is 2. The number of nitrogens with zero attached hydrogens (tertiary/aromatic N) is 2. The molecular weight excluding hydrogens is 279 g/mol. The van der Waals surface area contributed by atoms with E-state index < -0.39 is 0 Å². The Bertz CT molecular complexity index is 444. The predicted octanol–water partition coefficient (Wildman–Crippen LogP) is 3.68. The van der Waals surface area contributed by atoms with E-state index in [0.29, 0.717) is 16.5 Å². The number of rotatable bonds is 2. The van der Waals surface area contributed by atoms with Crippen LogP contribution < -0.4 is 4.74 Å². The zero-order valence-electron chi connectivity index (χ0n) is 7.52. The summed E-state index contributed by atoms with van der Waals surface area (Å²) in [6.45, 7) is 0. The minimum absolute atomic E-state index is 0.576. The molecule has 76 valence electrons. The summed E-state index contributed by atoms with van der Waals surface area (Å²) in [6, 6.07) is 5.33. The van der Waals surface area contributed by atoms with Crippen molar-refractivity contribution in [2.45, 2.75) is 0 Å². The maximum absolute atomic E-state index is 5.88. The van der Waals surface area contributed by atoms with Crippen LogP contribution in [0.3, 0.4) is 0 Å². The number of hydrogen-bond donors (Lipinski definition) is 0. The van der Waals surface area contributed by atoms with Gasteiger partial charge in [-0.25, -0.2) is 9.97 Å². The van der Waals surface area contributed by atoms with Crippen LogP contribution in [0.2, 0.25) is 5.02 Å². The summed E-state index contributed by atoms with van der Waals surface area (Å²) < 4.78 is 6.36. The van der Waals surface area contributed by atoms with E-state index in [1.54, 1.807) is 24.5 Å². The molecule has 0 radical (unpaired) electrons. The molecule has 1 heterocycles. The van der Waals surface area contributed by atoms with Crippen LogP contribution in [0.5, 0.6) is 11.5 Å². The van der Waals surface area contributed by atoms with Crippen molar-refractivity contribution in [1.82, 2.24) is 9.97 Å². The highest BCUT2D eigenvalue weighted by Gasteiger charge is 2.00. The summed E-state index contributed by atoms with van der Waals surface area (Å²) in [7, 11) is 0. The lowest BCUT2D eigenvalue weighted by Crippen LogP contribution is -1.86. The fraction of sp³-hybridized carbons (Fsp3) is 0. The van der Waals surface area contributed by atoms with Crippen LogP contribution >= 0.6 is 27.5 Å². The average Bonchev–Trinajstić information content (AvgIpc) is 2.17. The molecule has 0 atom stereocenters. The summed E-state index contributed by atoms with van der Waals surface area (Å²) >= 11 is 9.21. The Morgan fingerprint density at radius 2 is 1.80 bits per heavy atom.